The molecule has 0 bridgehead atoms. The molecule has 0 fully saturated rings. The summed E-state index contributed by atoms with van der Waals surface area (Å²) in [4.78, 5) is 35.2. The maximum Gasteiger partial charge on any atom is 0.472 e. The normalized spacial score (nSPS) is 13.9. The van der Waals surface area contributed by atoms with E-state index in [1.54, 1.807) is 0 Å². The van der Waals surface area contributed by atoms with Gasteiger partial charge in [0.2, 0.25) is 0 Å². The van der Waals surface area contributed by atoms with E-state index < -0.39 is 26.5 Å². The number of carbonyl (C=O) groups is 2. The van der Waals surface area contributed by atoms with Crippen LogP contribution in [-0.4, -0.2) is 74.9 Å². The number of phosphoric acid groups is 1. The lowest BCUT2D eigenvalue weighted by Gasteiger charge is -2.24. The number of unbranched alkanes of at least 4 members (excludes halogenated alkanes) is 20. The van der Waals surface area contributed by atoms with Crippen LogP contribution in [0.5, 0.6) is 0 Å². The van der Waals surface area contributed by atoms with Gasteiger partial charge in [0.05, 0.1) is 27.7 Å². The molecule has 10 heteroatoms. The van der Waals surface area contributed by atoms with Crippen molar-refractivity contribution in [2.45, 2.75) is 187 Å². The van der Waals surface area contributed by atoms with Gasteiger partial charge in [-0.2, -0.15) is 0 Å². The molecule has 52 heavy (non-hydrogen) atoms. The molecule has 0 aliphatic rings. The number of phosphoric ester groups is 1. The van der Waals surface area contributed by atoms with Crippen molar-refractivity contribution in [3.05, 3.63) is 24.3 Å². The molecule has 0 rings (SSSR count). The monoisotopic (exact) mass is 759 g/mol. The van der Waals surface area contributed by atoms with Crippen molar-refractivity contribution in [3.8, 4) is 0 Å². The van der Waals surface area contributed by atoms with Gasteiger partial charge in [-0.25, -0.2) is 4.57 Å². The quantitative estimate of drug-likeness (QED) is 0.0218. The van der Waals surface area contributed by atoms with Gasteiger partial charge >= 0.3 is 19.8 Å². The van der Waals surface area contributed by atoms with Crippen LogP contribution in [0.2, 0.25) is 0 Å². The number of likely N-dealkylation sites (N-methyl/N-ethyl adjacent to an activating group) is 1. The fourth-order valence-corrected chi connectivity index (χ4v) is 6.37. The minimum absolute atomic E-state index is 0.0326. The second-order valence-corrected chi connectivity index (χ2v) is 16.8. The van der Waals surface area contributed by atoms with Crippen molar-refractivity contribution in [2.24, 2.45) is 0 Å². The highest BCUT2D eigenvalue weighted by Crippen LogP contribution is 2.43. The maximum absolute atomic E-state index is 12.6. The number of hydrogen-bond donors (Lipinski definition) is 1. The van der Waals surface area contributed by atoms with Gasteiger partial charge in [-0.1, -0.05) is 147 Å². The molecule has 9 nitrogen and oxygen atoms in total. The van der Waals surface area contributed by atoms with E-state index in [9.17, 15) is 19.0 Å². The molecule has 0 aromatic rings. The number of ether oxygens (including phenoxy) is 2. The Bertz CT molecular complexity index is 949. The largest absolute Gasteiger partial charge is 0.472 e. The van der Waals surface area contributed by atoms with E-state index >= 15 is 0 Å². The molecule has 0 heterocycles. The fraction of sp³-hybridized carbons (Fsp3) is 0.857. The van der Waals surface area contributed by atoms with Crippen LogP contribution in [0.3, 0.4) is 0 Å². The van der Waals surface area contributed by atoms with Crippen LogP contribution in [0.15, 0.2) is 24.3 Å². The molecule has 0 radical (unpaired) electrons. The summed E-state index contributed by atoms with van der Waals surface area (Å²) in [5.74, 6) is -0.803. The minimum Gasteiger partial charge on any atom is -0.462 e. The summed E-state index contributed by atoms with van der Waals surface area (Å²) in [6, 6.07) is 0. The first kappa shape index (κ1) is 50.5. The van der Waals surface area contributed by atoms with Crippen molar-refractivity contribution in [3.63, 3.8) is 0 Å². The summed E-state index contributed by atoms with van der Waals surface area (Å²) < 4.78 is 34.2. The molecule has 2 atom stereocenters. The molecule has 0 aliphatic heterocycles. The maximum atomic E-state index is 12.6. The predicted octanol–water partition coefficient (Wildman–Crippen LogP) is 11.6. The SMILES string of the molecule is CCCCC/C=C/C/C=C/CCCCCCCCCCCC(=O)OC[C@@H](COP(=O)(O)OCC[N+](C)(C)C)OC(=O)CCCCCCCCCCC. The van der Waals surface area contributed by atoms with E-state index in [1.807, 2.05) is 21.1 Å². The van der Waals surface area contributed by atoms with Gasteiger partial charge < -0.3 is 18.9 Å². The predicted molar refractivity (Wildman–Crippen MR) is 215 cm³/mol. The zero-order valence-corrected chi connectivity index (χ0v) is 35.2. The van der Waals surface area contributed by atoms with Crippen molar-refractivity contribution >= 4 is 19.8 Å². The van der Waals surface area contributed by atoms with E-state index in [-0.39, 0.29) is 32.0 Å². The Balaban J connectivity index is 4.27. The third-order valence-electron chi connectivity index (χ3n) is 8.98. The molecular formula is C42H81NO8P+. The lowest BCUT2D eigenvalue weighted by atomic mass is 10.1. The second kappa shape index (κ2) is 35.2. The zero-order valence-electron chi connectivity index (χ0n) is 34.3. The summed E-state index contributed by atoms with van der Waals surface area (Å²) in [6.07, 6.45) is 36.6. The number of rotatable bonds is 38. The number of esters is 2. The molecule has 0 saturated heterocycles. The van der Waals surface area contributed by atoms with E-state index in [0.717, 1.165) is 38.5 Å². The van der Waals surface area contributed by atoms with E-state index in [4.69, 9.17) is 18.5 Å². The molecule has 1 unspecified atom stereocenters. The number of allylic oxidation sites excluding steroid dienone is 4. The molecule has 0 saturated carbocycles. The van der Waals surface area contributed by atoms with E-state index in [1.165, 1.54) is 109 Å². The van der Waals surface area contributed by atoms with E-state index in [0.29, 0.717) is 17.4 Å². The lowest BCUT2D eigenvalue weighted by molar-refractivity contribution is -0.870. The smallest absolute Gasteiger partial charge is 0.462 e. The van der Waals surface area contributed by atoms with Gasteiger partial charge in [-0.15, -0.1) is 0 Å². The van der Waals surface area contributed by atoms with Gasteiger partial charge in [-0.3, -0.25) is 18.6 Å². The van der Waals surface area contributed by atoms with Gasteiger partial charge in [0.1, 0.15) is 19.8 Å². The van der Waals surface area contributed by atoms with Crippen LogP contribution in [-0.2, 0) is 32.7 Å². The van der Waals surface area contributed by atoms with Crippen molar-refractivity contribution in [2.75, 3.05) is 47.5 Å². The van der Waals surface area contributed by atoms with Gasteiger partial charge in [0.25, 0.3) is 0 Å². The molecular weight excluding hydrogens is 677 g/mol. The Labute approximate surface area is 319 Å². The first-order valence-electron chi connectivity index (χ1n) is 21.1. The molecule has 0 aromatic heterocycles. The van der Waals surface area contributed by atoms with Crippen molar-refractivity contribution < 1.29 is 42.1 Å². The van der Waals surface area contributed by atoms with Crippen LogP contribution >= 0.6 is 7.82 Å². The van der Waals surface area contributed by atoms with Crippen molar-refractivity contribution in [1.29, 1.82) is 0 Å². The van der Waals surface area contributed by atoms with Crippen LogP contribution in [0, 0.1) is 0 Å². The lowest BCUT2D eigenvalue weighted by Crippen LogP contribution is -2.37. The van der Waals surface area contributed by atoms with Gasteiger partial charge in [-0.05, 0) is 44.9 Å². The number of carbonyl (C=O) groups excluding carboxylic acids is 2. The van der Waals surface area contributed by atoms with E-state index in [2.05, 4.69) is 38.2 Å². The Morgan fingerprint density at radius 2 is 1.04 bits per heavy atom. The summed E-state index contributed by atoms with van der Waals surface area (Å²) >= 11 is 0. The van der Waals surface area contributed by atoms with Gasteiger partial charge in [0.15, 0.2) is 6.10 Å². The Morgan fingerprint density at radius 3 is 1.56 bits per heavy atom. The third kappa shape index (κ3) is 38.2. The summed E-state index contributed by atoms with van der Waals surface area (Å²) in [7, 11) is 1.48. The Hall–Kier alpha value is -1.51. The molecule has 306 valence electrons. The van der Waals surface area contributed by atoms with Crippen LogP contribution in [0.4, 0.5) is 0 Å². The summed E-state index contributed by atoms with van der Waals surface area (Å²) in [6.45, 7) is 4.37. The average Bonchev–Trinajstić information content (AvgIpc) is 3.09. The number of quaternary nitrogens is 1. The minimum atomic E-state index is -4.36. The average molecular weight is 759 g/mol. The van der Waals surface area contributed by atoms with Crippen LogP contribution in [0.1, 0.15) is 181 Å². The molecule has 0 aliphatic carbocycles. The first-order valence-corrected chi connectivity index (χ1v) is 22.6. The first-order chi connectivity index (χ1) is 25.0. The number of hydrogen-bond acceptors (Lipinski definition) is 7. The Kier molecular flexibility index (Phi) is 34.2. The molecule has 0 amide bonds. The molecule has 0 spiro atoms. The topological polar surface area (TPSA) is 108 Å². The third-order valence-corrected chi connectivity index (χ3v) is 9.97. The molecule has 0 aromatic carbocycles. The zero-order chi connectivity index (χ0) is 38.6. The fourth-order valence-electron chi connectivity index (χ4n) is 5.63. The standard InChI is InChI=1S/C42H80NO8P/c1-6-8-10-12-14-16-17-18-19-20-21-22-23-24-25-27-28-30-32-34-41(44)48-38-40(39-50-52(46,47)49-37-36-43(3,4)5)51-42(45)35-33-31-29-26-15-13-11-9-7-2/h14,16,18-19,40H,6-13,15,17,20-39H2,1-5H3/p+1/b16-14+,19-18+/t40-/m0/s1. The van der Waals surface area contributed by atoms with Gasteiger partial charge in [0, 0.05) is 12.8 Å². The summed E-state index contributed by atoms with van der Waals surface area (Å²) in [5.41, 5.74) is 0. The van der Waals surface area contributed by atoms with Crippen molar-refractivity contribution in [1.82, 2.24) is 0 Å². The number of nitrogens with zero attached hydrogens (tertiary/aromatic N) is 1. The summed E-state index contributed by atoms with van der Waals surface area (Å²) in [5, 5.41) is 0. The van der Waals surface area contributed by atoms with Crippen LogP contribution in [0.25, 0.3) is 0 Å². The Morgan fingerprint density at radius 1 is 0.596 bits per heavy atom. The highest BCUT2D eigenvalue weighted by atomic mass is 31.2. The van der Waals surface area contributed by atoms with Crippen LogP contribution < -0.4 is 0 Å². The second-order valence-electron chi connectivity index (χ2n) is 15.4. The highest BCUT2D eigenvalue weighted by Gasteiger charge is 2.27. The molecule has 1 N–H and O–H groups in total. The highest BCUT2D eigenvalue weighted by molar-refractivity contribution is 7.47.